The molecule has 0 spiro atoms. The highest BCUT2D eigenvalue weighted by atomic mass is 16.6. The van der Waals surface area contributed by atoms with Crippen molar-refractivity contribution in [1.82, 2.24) is 0 Å². The third-order valence-corrected chi connectivity index (χ3v) is 4.34. The zero-order valence-corrected chi connectivity index (χ0v) is 13.9. The van der Waals surface area contributed by atoms with E-state index in [2.05, 4.69) is 11.4 Å². The third kappa shape index (κ3) is 2.54. The number of cyclic esters (lactones) is 1. The zero-order chi connectivity index (χ0) is 17.4. The molecule has 4 rings (SSSR count). The number of carbonyl (C=O) groups excluding carboxylic acids is 1. The average molecular weight is 335 g/mol. The van der Waals surface area contributed by atoms with E-state index in [1.807, 2.05) is 42.5 Å². The van der Waals surface area contributed by atoms with Crippen molar-refractivity contribution in [3.05, 3.63) is 65.7 Å². The Kier molecular flexibility index (Phi) is 3.69. The van der Waals surface area contributed by atoms with Gasteiger partial charge in [-0.25, -0.2) is 4.79 Å². The minimum absolute atomic E-state index is 0.396. The number of hydrogen-bond donors (Lipinski definition) is 1. The number of ether oxygens (including phenoxy) is 3. The maximum Gasteiger partial charge on any atom is 0.344 e. The Morgan fingerprint density at radius 2 is 1.76 bits per heavy atom. The summed E-state index contributed by atoms with van der Waals surface area (Å²) in [5, 5.41) is 5.54. The van der Waals surface area contributed by atoms with Crippen molar-refractivity contribution in [3.8, 4) is 11.5 Å². The molecule has 5 nitrogen and oxygen atoms in total. The number of hydrogen-bond acceptors (Lipinski definition) is 5. The average Bonchev–Trinajstić information content (AvgIpc) is 2.96. The van der Waals surface area contributed by atoms with Gasteiger partial charge >= 0.3 is 5.97 Å². The van der Waals surface area contributed by atoms with E-state index >= 15 is 0 Å². The monoisotopic (exact) mass is 335 g/mol. The van der Waals surface area contributed by atoms with Crippen molar-refractivity contribution in [2.24, 2.45) is 0 Å². The minimum atomic E-state index is -0.566. The molecule has 3 aromatic rings. The fraction of sp³-hybridized carbons (Fsp3) is 0.150. The van der Waals surface area contributed by atoms with E-state index in [1.165, 1.54) is 14.2 Å². The van der Waals surface area contributed by atoms with Crippen LogP contribution in [0.4, 0.5) is 5.69 Å². The second-order valence-electron chi connectivity index (χ2n) is 5.76. The number of esters is 1. The number of rotatable bonds is 4. The van der Waals surface area contributed by atoms with Gasteiger partial charge in [0.15, 0.2) is 11.5 Å². The lowest BCUT2D eigenvalue weighted by Gasteiger charge is -2.15. The first kappa shape index (κ1) is 15.3. The predicted octanol–water partition coefficient (Wildman–Crippen LogP) is 4.14. The van der Waals surface area contributed by atoms with Gasteiger partial charge in [0.25, 0.3) is 0 Å². The summed E-state index contributed by atoms with van der Waals surface area (Å²) < 4.78 is 16.1. The predicted molar refractivity (Wildman–Crippen MR) is 95.3 cm³/mol. The Morgan fingerprint density at radius 1 is 0.960 bits per heavy atom. The van der Waals surface area contributed by atoms with Crippen LogP contribution >= 0.6 is 0 Å². The van der Waals surface area contributed by atoms with E-state index in [1.54, 1.807) is 6.07 Å². The van der Waals surface area contributed by atoms with Crippen LogP contribution in [0.3, 0.4) is 0 Å². The van der Waals surface area contributed by atoms with Crippen molar-refractivity contribution in [2.75, 3.05) is 19.5 Å². The SMILES string of the molecule is COc1ccc2c(c1OC)C(=O)O[C@H]2Nc1ccc2ccccc2c1. The van der Waals surface area contributed by atoms with Gasteiger partial charge in [0.05, 0.1) is 14.2 Å². The lowest BCUT2D eigenvalue weighted by molar-refractivity contribution is 0.0435. The Bertz CT molecular complexity index is 967. The van der Waals surface area contributed by atoms with Crippen LogP contribution in [0.2, 0.25) is 0 Å². The lowest BCUT2D eigenvalue weighted by atomic mass is 10.1. The number of anilines is 1. The summed E-state index contributed by atoms with van der Waals surface area (Å²) in [6.07, 6.45) is -0.566. The number of methoxy groups -OCH3 is 2. The highest BCUT2D eigenvalue weighted by Gasteiger charge is 2.35. The maximum absolute atomic E-state index is 12.3. The lowest BCUT2D eigenvalue weighted by Crippen LogP contribution is -2.10. The van der Waals surface area contributed by atoms with Crippen molar-refractivity contribution in [2.45, 2.75) is 6.23 Å². The van der Waals surface area contributed by atoms with E-state index in [0.717, 1.165) is 22.0 Å². The number of carbonyl (C=O) groups is 1. The first-order valence-corrected chi connectivity index (χ1v) is 7.92. The molecular weight excluding hydrogens is 318 g/mol. The molecule has 1 N–H and O–H groups in total. The molecule has 1 heterocycles. The van der Waals surface area contributed by atoms with Gasteiger partial charge in [-0.2, -0.15) is 0 Å². The summed E-state index contributed by atoms with van der Waals surface area (Å²) in [5.74, 6) is 0.474. The van der Waals surface area contributed by atoms with E-state index in [-0.39, 0.29) is 0 Å². The summed E-state index contributed by atoms with van der Waals surface area (Å²) in [7, 11) is 3.05. The van der Waals surface area contributed by atoms with Crippen LogP contribution in [-0.2, 0) is 4.74 Å². The first-order valence-electron chi connectivity index (χ1n) is 7.92. The van der Waals surface area contributed by atoms with Crippen LogP contribution in [-0.4, -0.2) is 20.2 Å². The molecule has 0 saturated heterocycles. The molecule has 0 amide bonds. The minimum Gasteiger partial charge on any atom is -0.493 e. The number of benzene rings is 3. The van der Waals surface area contributed by atoms with Crippen LogP contribution in [0.5, 0.6) is 11.5 Å². The first-order chi connectivity index (χ1) is 12.2. The molecule has 1 aliphatic rings. The molecular formula is C20H17NO4. The molecule has 0 fully saturated rings. The summed E-state index contributed by atoms with van der Waals surface area (Å²) in [4.78, 5) is 12.3. The number of nitrogens with one attached hydrogen (secondary N) is 1. The largest absolute Gasteiger partial charge is 0.493 e. The Morgan fingerprint density at radius 3 is 2.52 bits per heavy atom. The molecule has 0 aliphatic carbocycles. The molecule has 0 saturated carbocycles. The van der Waals surface area contributed by atoms with Gasteiger partial charge < -0.3 is 19.5 Å². The maximum atomic E-state index is 12.3. The van der Waals surface area contributed by atoms with E-state index in [4.69, 9.17) is 14.2 Å². The summed E-state index contributed by atoms with van der Waals surface area (Å²) in [6.45, 7) is 0. The Labute approximate surface area is 145 Å². The van der Waals surface area contributed by atoms with Crippen LogP contribution in [0.1, 0.15) is 22.1 Å². The molecule has 126 valence electrons. The molecule has 0 radical (unpaired) electrons. The smallest absolute Gasteiger partial charge is 0.344 e. The van der Waals surface area contributed by atoms with Crippen LogP contribution < -0.4 is 14.8 Å². The van der Waals surface area contributed by atoms with Gasteiger partial charge in [0.2, 0.25) is 6.23 Å². The van der Waals surface area contributed by atoms with Gasteiger partial charge in [-0.1, -0.05) is 30.3 Å². The summed E-state index contributed by atoms with van der Waals surface area (Å²) >= 11 is 0. The molecule has 3 aromatic carbocycles. The van der Waals surface area contributed by atoms with Gasteiger partial charge in [0, 0.05) is 11.3 Å². The van der Waals surface area contributed by atoms with Gasteiger partial charge in [-0.05, 0) is 35.0 Å². The van der Waals surface area contributed by atoms with Crippen molar-refractivity contribution < 1.29 is 19.0 Å². The molecule has 5 heteroatoms. The molecule has 1 aliphatic heterocycles. The second kappa shape index (κ2) is 6.02. The zero-order valence-electron chi connectivity index (χ0n) is 13.9. The van der Waals surface area contributed by atoms with Gasteiger partial charge in [-0.15, -0.1) is 0 Å². The normalized spacial score (nSPS) is 15.6. The van der Waals surface area contributed by atoms with Gasteiger partial charge in [0.1, 0.15) is 5.56 Å². The van der Waals surface area contributed by atoms with E-state index < -0.39 is 12.2 Å². The quantitative estimate of drug-likeness (QED) is 0.726. The van der Waals surface area contributed by atoms with Crippen LogP contribution in [0.25, 0.3) is 10.8 Å². The molecule has 0 unspecified atom stereocenters. The summed E-state index contributed by atoms with van der Waals surface area (Å²) in [6, 6.07) is 17.7. The number of fused-ring (bicyclic) bond motifs is 2. The molecule has 0 aromatic heterocycles. The standard InChI is InChI=1S/C20H17NO4/c1-23-16-10-9-15-17(18(16)24-2)20(22)25-19(15)21-14-8-7-12-5-3-4-6-13(12)11-14/h3-11,19,21H,1-2H3/t19-/m1/s1. The van der Waals surface area contributed by atoms with E-state index in [9.17, 15) is 4.79 Å². The second-order valence-corrected chi connectivity index (χ2v) is 5.76. The van der Waals surface area contributed by atoms with E-state index in [0.29, 0.717) is 17.1 Å². The van der Waals surface area contributed by atoms with Crippen molar-refractivity contribution in [1.29, 1.82) is 0 Å². The molecule has 25 heavy (non-hydrogen) atoms. The highest BCUT2D eigenvalue weighted by Crippen LogP contribution is 2.42. The fourth-order valence-electron chi connectivity index (χ4n) is 3.14. The molecule has 0 bridgehead atoms. The third-order valence-electron chi connectivity index (χ3n) is 4.34. The van der Waals surface area contributed by atoms with Crippen LogP contribution in [0.15, 0.2) is 54.6 Å². The molecule has 1 atom stereocenters. The Balaban J connectivity index is 1.70. The van der Waals surface area contributed by atoms with Crippen LogP contribution in [0, 0.1) is 0 Å². The summed E-state index contributed by atoms with van der Waals surface area (Å²) in [5.41, 5.74) is 2.01. The van der Waals surface area contributed by atoms with Crippen molar-refractivity contribution >= 4 is 22.4 Å². The topological polar surface area (TPSA) is 56.8 Å². The Hall–Kier alpha value is -3.21. The van der Waals surface area contributed by atoms with Gasteiger partial charge in [-0.3, -0.25) is 0 Å². The highest BCUT2D eigenvalue weighted by molar-refractivity contribution is 5.98. The fourth-order valence-corrected chi connectivity index (χ4v) is 3.14. The van der Waals surface area contributed by atoms with Crippen molar-refractivity contribution in [3.63, 3.8) is 0 Å².